The molecule has 2 saturated heterocycles. The molecule has 0 aromatic carbocycles. The van der Waals surface area contributed by atoms with Crippen LogP contribution < -0.4 is 5.73 Å². The van der Waals surface area contributed by atoms with Crippen LogP contribution in [0.4, 0.5) is 0 Å². The zero-order valence-corrected chi connectivity index (χ0v) is 13.5. The van der Waals surface area contributed by atoms with Gasteiger partial charge < -0.3 is 15.4 Å². The van der Waals surface area contributed by atoms with Crippen LogP contribution >= 0.6 is 0 Å². The summed E-state index contributed by atoms with van der Waals surface area (Å²) >= 11 is 0. The van der Waals surface area contributed by atoms with Gasteiger partial charge in [-0.3, -0.25) is 4.79 Å². The van der Waals surface area contributed by atoms with Crippen LogP contribution in [0, 0.1) is 11.3 Å². The van der Waals surface area contributed by atoms with Gasteiger partial charge in [0.25, 0.3) is 0 Å². The average Bonchev–Trinajstić information content (AvgIpc) is 2.81. The predicted octanol–water partition coefficient (Wildman–Crippen LogP) is -0.224. The molecule has 2 N–H and O–H groups in total. The summed E-state index contributed by atoms with van der Waals surface area (Å²) in [6.45, 7) is 5.34. The molecule has 0 spiro atoms. The van der Waals surface area contributed by atoms with Crippen molar-refractivity contribution < 1.29 is 17.9 Å². The van der Waals surface area contributed by atoms with Gasteiger partial charge in [0, 0.05) is 31.0 Å². The summed E-state index contributed by atoms with van der Waals surface area (Å²) in [6.07, 6.45) is 1.35. The van der Waals surface area contributed by atoms with Crippen molar-refractivity contribution in [2.24, 2.45) is 17.1 Å². The number of ether oxygens (including phenoxy) is 1. The largest absolute Gasteiger partial charge is 0.377 e. The third-order valence-electron chi connectivity index (χ3n) is 5.65. The molecule has 21 heavy (non-hydrogen) atoms. The smallest absolute Gasteiger partial charge is 0.243 e. The second-order valence-electron chi connectivity index (χ2n) is 7.07. The minimum Gasteiger partial charge on any atom is -0.377 e. The van der Waals surface area contributed by atoms with E-state index in [2.05, 4.69) is 0 Å². The molecule has 6 nitrogen and oxygen atoms in total. The molecule has 3 unspecified atom stereocenters. The SMILES string of the molecule is CC1(C)C2OCCC2C1(N)C(=O)N1CCCS(=O)(=O)CC1. The van der Waals surface area contributed by atoms with Gasteiger partial charge in [-0.2, -0.15) is 0 Å². The molecule has 1 aliphatic carbocycles. The van der Waals surface area contributed by atoms with E-state index in [1.54, 1.807) is 4.90 Å². The van der Waals surface area contributed by atoms with E-state index >= 15 is 0 Å². The Kier molecular flexibility index (Phi) is 3.39. The molecule has 2 aliphatic heterocycles. The van der Waals surface area contributed by atoms with Crippen LogP contribution in [-0.2, 0) is 19.4 Å². The number of nitrogens with two attached hydrogens (primary N) is 1. The number of carbonyl (C=O) groups is 1. The monoisotopic (exact) mass is 316 g/mol. The topological polar surface area (TPSA) is 89.7 Å². The highest BCUT2D eigenvalue weighted by atomic mass is 32.2. The fourth-order valence-corrected chi connectivity index (χ4v) is 5.49. The summed E-state index contributed by atoms with van der Waals surface area (Å²) in [6, 6.07) is 0. The van der Waals surface area contributed by atoms with Gasteiger partial charge in [0.2, 0.25) is 5.91 Å². The highest BCUT2D eigenvalue weighted by Crippen LogP contribution is 2.58. The van der Waals surface area contributed by atoms with Gasteiger partial charge in [0.05, 0.1) is 17.6 Å². The first-order chi connectivity index (χ1) is 9.70. The van der Waals surface area contributed by atoms with E-state index in [1.165, 1.54) is 0 Å². The Labute approximate surface area is 125 Å². The lowest BCUT2D eigenvalue weighted by Gasteiger charge is -2.61. The molecule has 0 aromatic heterocycles. The van der Waals surface area contributed by atoms with Gasteiger partial charge in [-0.25, -0.2) is 8.42 Å². The number of fused-ring (bicyclic) bond motifs is 1. The third kappa shape index (κ3) is 2.04. The lowest BCUT2D eigenvalue weighted by molar-refractivity contribution is -0.184. The maximum absolute atomic E-state index is 13.0. The summed E-state index contributed by atoms with van der Waals surface area (Å²) < 4.78 is 29.1. The molecule has 2 heterocycles. The van der Waals surface area contributed by atoms with Crippen LogP contribution in [0.2, 0.25) is 0 Å². The van der Waals surface area contributed by atoms with E-state index < -0.39 is 20.8 Å². The quantitative estimate of drug-likeness (QED) is 0.722. The van der Waals surface area contributed by atoms with Gasteiger partial charge in [0.1, 0.15) is 5.54 Å². The van der Waals surface area contributed by atoms with E-state index in [-0.39, 0.29) is 36.0 Å². The van der Waals surface area contributed by atoms with Crippen molar-refractivity contribution in [2.75, 3.05) is 31.2 Å². The van der Waals surface area contributed by atoms with Crippen LogP contribution in [0.1, 0.15) is 26.7 Å². The number of nitrogens with zero attached hydrogens (tertiary/aromatic N) is 1. The number of rotatable bonds is 1. The van der Waals surface area contributed by atoms with Crippen molar-refractivity contribution in [3.8, 4) is 0 Å². The van der Waals surface area contributed by atoms with Crippen molar-refractivity contribution in [1.29, 1.82) is 0 Å². The Balaban J connectivity index is 1.81. The lowest BCUT2D eigenvalue weighted by Crippen LogP contribution is -2.80. The molecule has 0 radical (unpaired) electrons. The maximum atomic E-state index is 13.0. The first kappa shape index (κ1) is 15.2. The molecule has 1 saturated carbocycles. The molecular formula is C14H24N2O4S. The Morgan fingerprint density at radius 3 is 2.71 bits per heavy atom. The first-order valence-corrected chi connectivity index (χ1v) is 9.42. The minimum absolute atomic E-state index is 0.0415. The minimum atomic E-state index is -3.03. The van der Waals surface area contributed by atoms with Gasteiger partial charge in [-0.1, -0.05) is 13.8 Å². The highest BCUT2D eigenvalue weighted by molar-refractivity contribution is 7.91. The molecule has 3 aliphatic rings. The second-order valence-corrected chi connectivity index (χ2v) is 9.38. The van der Waals surface area contributed by atoms with Gasteiger partial charge in [-0.05, 0) is 12.8 Å². The molecule has 3 atom stereocenters. The summed E-state index contributed by atoms with van der Waals surface area (Å²) in [5.41, 5.74) is 5.20. The average molecular weight is 316 g/mol. The van der Waals surface area contributed by atoms with Crippen molar-refractivity contribution in [3.05, 3.63) is 0 Å². The van der Waals surface area contributed by atoms with Crippen molar-refractivity contribution in [3.63, 3.8) is 0 Å². The van der Waals surface area contributed by atoms with Crippen LogP contribution in [0.25, 0.3) is 0 Å². The molecular weight excluding hydrogens is 292 g/mol. The molecule has 7 heteroatoms. The van der Waals surface area contributed by atoms with E-state index in [1.807, 2.05) is 13.8 Å². The van der Waals surface area contributed by atoms with Gasteiger partial charge in [-0.15, -0.1) is 0 Å². The van der Waals surface area contributed by atoms with E-state index in [0.29, 0.717) is 19.6 Å². The molecule has 3 fully saturated rings. The fourth-order valence-electron chi connectivity index (χ4n) is 4.22. The summed E-state index contributed by atoms with van der Waals surface area (Å²) in [5, 5.41) is 0. The van der Waals surface area contributed by atoms with Crippen LogP contribution in [0.5, 0.6) is 0 Å². The van der Waals surface area contributed by atoms with Crippen molar-refractivity contribution >= 4 is 15.7 Å². The molecule has 0 bridgehead atoms. The number of amides is 1. The zero-order chi connectivity index (χ0) is 15.5. The third-order valence-corrected chi connectivity index (χ3v) is 7.37. The molecule has 3 rings (SSSR count). The Hall–Kier alpha value is -0.660. The van der Waals surface area contributed by atoms with Crippen LogP contribution in [0.3, 0.4) is 0 Å². The number of hydrogen-bond donors (Lipinski definition) is 1. The number of hydrogen-bond acceptors (Lipinski definition) is 5. The van der Waals surface area contributed by atoms with Crippen molar-refractivity contribution in [1.82, 2.24) is 4.90 Å². The van der Waals surface area contributed by atoms with Crippen LogP contribution in [-0.4, -0.2) is 62.1 Å². The number of sulfone groups is 1. The zero-order valence-electron chi connectivity index (χ0n) is 12.7. The lowest BCUT2D eigenvalue weighted by atomic mass is 9.47. The number of carbonyl (C=O) groups excluding carboxylic acids is 1. The van der Waals surface area contributed by atoms with E-state index in [4.69, 9.17) is 10.5 Å². The molecule has 1 amide bonds. The summed E-state index contributed by atoms with van der Waals surface area (Å²) in [5.74, 6) is 0.156. The molecule has 120 valence electrons. The summed E-state index contributed by atoms with van der Waals surface area (Å²) in [4.78, 5) is 14.6. The van der Waals surface area contributed by atoms with Gasteiger partial charge in [0.15, 0.2) is 9.84 Å². The van der Waals surface area contributed by atoms with Gasteiger partial charge >= 0.3 is 0 Å². The standard InChI is InChI=1S/C14H24N2O4S/c1-13(2)11-10(4-7-20-11)14(13,15)12(17)16-5-3-8-21(18,19)9-6-16/h10-11H,3-9,15H2,1-2H3. The normalized spacial score (nSPS) is 41.0. The Morgan fingerprint density at radius 1 is 1.29 bits per heavy atom. The molecule has 0 aromatic rings. The van der Waals surface area contributed by atoms with E-state index in [0.717, 1.165) is 6.42 Å². The predicted molar refractivity (Wildman–Crippen MR) is 78.4 cm³/mol. The van der Waals surface area contributed by atoms with Crippen LogP contribution in [0.15, 0.2) is 0 Å². The van der Waals surface area contributed by atoms with Crippen molar-refractivity contribution in [2.45, 2.75) is 38.3 Å². The highest BCUT2D eigenvalue weighted by Gasteiger charge is 2.71. The van der Waals surface area contributed by atoms with E-state index in [9.17, 15) is 13.2 Å². The first-order valence-electron chi connectivity index (χ1n) is 7.60. The Morgan fingerprint density at radius 2 is 2.00 bits per heavy atom. The Bertz CT molecular complexity index is 559. The fraction of sp³-hybridized carbons (Fsp3) is 0.929. The maximum Gasteiger partial charge on any atom is 0.243 e. The summed E-state index contributed by atoms with van der Waals surface area (Å²) in [7, 11) is -3.03. The second kappa shape index (κ2) is 4.67.